The van der Waals surface area contributed by atoms with Gasteiger partial charge in [0, 0.05) is 6.54 Å². The molecule has 7 nitrogen and oxygen atoms in total. The molecule has 0 aromatic heterocycles. The van der Waals surface area contributed by atoms with Crippen LogP contribution in [0.3, 0.4) is 0 Å². The third kappa shape index (κ3) is 4.52. The Morgan fingerprint density at radius 1 is 1.60 bits per heavy atom. The van der Waals surface area contributed by atoms with Gasteiger partial charge in [-0.25, -0.2) is 10.2 Å². The van der Waals surface area contributed by atoms with Crippen LogP contribution in [0, 0.1) is 0 Å². The lowest BCUT2D eigenvalue weighted by molar-refractivity contribution is -0.146. The molecule has 2 atom stereocenters. The first-order valence-electron chi connectivity index (χ1n) is 5.99. The Kier molecular flexibility index (Phi) is 8.52. The molecule has 9 heteroatoms. The molecule has 0 saturated heterocycles. The topological polar surface area (TPSA) is 108 Å². The molecule has 116 valence electrons. The van der Waals surface area contributed by atoms with Crippen molar-refractivity contribution >= 4 is 44.8 Å². The van der Waals surface area contributed by atoms with Crippen LogP contribution in [0.2, 0.25) is 0 Å². The summed E-state index contributed by atoms with van der Waals surface area (Å²) in [6.07, 6.45) is 3.76. The van der Waals surface area contributed by atoms with E-state index in [-0.39, 0.29) is 40.9 Å². The Morgan fingerprint density at radius 2 is 2.25 bits per heavy atom. The number of hydrogen-bond donors (Lipinski definition) is 4. The Morgan fingerprint density at radius 3 is 2.70 bits per heavy atom. The van der Waals surface area contributed by atoms with Crippen LogP contribution in [0.25, 0.3) is 0 Å². The van der Waals surface area contributed by atoms with E-state index in [1.165, 1.54) is 6.08 Å². The molecule has 5 N–H and O–H groups in total. The summed E-state index contributed by atoms with van der Waals surface area (Å²) in [6.45, 7) is 2.84. The van der Waals surface area contributed by atoms with Crippen molar-refractivity contribution < 1.29 is 14.7 Å². The summed E-state index contributed by atoms with van der Waals surface area (Å²) >= 11 is 3.01. The van der Waals surface area contributed by atoms with Gasteiger partial charge in [-0.3, -0.25) is 15.5 Å². The fourth-order valence-corrected chi connectivity index (χ4v) is 2.21. The van der Waals surface area contributed by atoms with Crippen molar-refractivity contribution in [2.75, 3.05) is 18.4 Å². The van der Waals surface area contributed by atoms with Crippen LogP contribution in [0.4, 0.5) is 0 Å². The fraction of sp³-hybridized carbons (Fsp3) is 0.636. The summed E-state index contributed by atoms with van der Waals surface area (Å²) in [6, 6.07) is 0. The summed E-state index contributed by atoms with van der Waals surface area (Å²) in [5.74, 6) is 3.97. The number of hydrazine groups is 1. The van der Waals surface area contributed by atoms with Crippen LogP contribution in [-0.4, -0.2) is 52.0 Å². The van der Waals surface area contributed by atoms with Gasteiger partial charge >= 0.3 is 5.97 Å². The van der Waals surface area contributed by atoms with E-state index >= 15 is 0 Å². The molecular formula is C11H20Br2N4O3. The number of aliphatic carboxylic acids is 1. The Balaban J connectivity index is 0.00000361. The number of rotatable bonds is 6. The molecule has 1 heterocycles. The van der Waals surface area contributed by atoms with Crippen LogP contribution in [0.1, 0.15) is 13.3 Å². The van der Waals surface area contributed by atoms with E-state index in [4.69, 9.17) is 5.84 Å². The van der Waals surface area contributed by atoms with Crippen molar-refractivity contribution in [2.45, 2.75) is 25.0 Å². The second kappa shape index (κ2) is 8.73. The van der Waals surface area contributed by atoms with E-state index in [0.29, 0.717) is 6.54 Å². The van der Waals surface area contributed by atoms with Gasteiger partial charge in [-0.15, -0.1) is 17.0 Å². The van der Waals surface area contributed by atoms with Crippen LogP contribution in [0.15, 0.2) is 12.2 Å². The van der Waals surface area contributed by atoms with Crippen molar-refractivity contribution in [3.05, 3.63) is 12.2 Å². The number of carboxylic acid groups (broad SMARTS) is 1. The molecule has 0 aromatic rings. The lowest BCUT2D eigenvalue weighted by Crippen LogP contribution is -2.65. The number of hydrogen-bond acceptors (Lipinski definition) is 5. The highest BCUT2D eigenvalue weighted by Crippen LogP contribution is 2.19. The molecular weight excluding hydrogens is 396 g/mol. The first-order chi connectivity index (χ1) is 8.99. The third-order valence-corrected chi connectivity index (χ3v) is 3.47. The highest BCUT2D eigenvalue weighted by molar-refractivity contribution is 9.09. The quantitative estimate of drug-likeness (QED) is 0.210. The van der Waals surface area contributed by atoms with Gasteiger partial charge in [0.1, 0.15) is 0 Å². The lowest BCUT2D eigenvalue weighted by Gasteiger charge is -2.40. The smallest absolute Gasteiger partial charge is 0.334 e. The molecule has 0 spiro atoms. The molecule has 1 amide bonds. The average molecular weight is 416 g/mol. The van der Waals surface area contributed by atoms with Gasteiger partial charge in [-0.1, -0.05) is 28.9 Å². The SMILES string of the molecule is Br.CCCN1CC(NC(=O)CBr)(C(=O)O)C=CC1NN. The van der Waals surface area contributed by atoms with E-state index in [0.717, 1.165) is 6.42 Å². The van der Waals surface area contributed by atoms with Gasteiger partial charge in [-0.05, 0) is 19.0 Å². The minimum absolute atomic E-state index is 0. The Labute approximate surface area is 136 Å². The normalized spacial score (nSPS) is 25.9. The monoisotopic (exact) mass is 414 g/mol. The molecule has 0 saturated carbocycles. The van der Waals surface area contributed by atoms with Crippen molar-refractivity contribution in [1.82, 2.24) is 15.6 Å². The molecule has 1 aliphatic heterocycles. The van der Waals surface area contributed by atoms with Gasteiger partial charge in [0.15, 0.2) is 5.54 Å². The number of halogens is 2. The molecule has 20 heavy (non-hydrogen) atoms. The van der Waals surface area contributed by atoms with E-state index in [9.17, 15) is 14.7 Å². The summed E-state index contributed by atoms with van der Waals surface area (Å²) in [5, 5.41) is 12.0. The number of amides is 1. The molecule has 0 aromatic carbocycles. The maximum atomic E-state index is 11.5. The average Bonchev–Trinajstić information content (AvgIpc) is 2.39. The second-order valence-electron chi connectivity index (χ2n) is 4.40. The minimum atomic E-state index is -1.41. The molecule has 1 aliphatic rings. The van der Waals surface area contributed by atoms with Crippen molar-refractivity contribution in [2.24, 2.45) is 5.84 Å². The number of carbonyl (C=O) groups is 2. The minimum Gasteiger partial charge on any atom is -0.479 e. The number of carbonyl (C=O) groups excluding carboxylic acids is 1. The number of nitrogens with two attached hydrogens (primary N) is 1. The van der Waals surface area contributed by atoms with E-state index < -0.39 is 11.5 Å². The summed E-state index contributed by atoms with van der Waals surface area (Å²) in [4.78, 5) is 24.9. The van der Waals surface area contributed by atoms with Gasteiger partial charge in [0.2, 0.25) is 5.91 Å². The molecule has 0 bridgehead atoms. The van der Waals surface area contributed by atoms with Gasteiger partial charge < -0.3 is 10.4 Å². The van der Waals surface area contributed by atoms with E-state index in [1.54, 1.807) is 6.08 Å². The highest BCUT2D eigenvalue weighted by Gasteiger charge is 2.42. The van der Waals surface area contributed by atoms with Crippen molar-refractivity contribution in [1.29, 1.82) is 0 Å². The summed E-state index contributed by atoms with van der Waals surface area (Å²) < 4.78 is 0. The van der Waals surface area contributed by atoms with Crippen molar-refractivity contribution in [3.8, 4) is 0 Å². The number of nitrogens with zero attached hydrogens (tertiary/aromatic N) is 1. The van der Waals surface area contributed by atoms with Crippen LogP contribution < -0.4 is 16.6 Å². The number of alkyl halides is 1. The van der Waals surface area contributed by atoms with E-state index in [2.05, 4.69) is 26.7 Å². The van der Waals surface area contributed by atoms with Crippen LogP contribution in [-0.2, 0) is 9.59 Å². The van der Waals surface area contributed by atoms with E-state index in [1.807, 2.05) is 11.8 Å². The maximum absolute atomic E-state index is 11.5. The second-order valence-corrected chi connectivity index (χ2v) is 4.96. The number of nitrogens with one attached hydrogen (secondary N) is 2. The third-order valence-electron chi connectivity index (χ3n) is 2.96. The zero-order chi connectivity index (χ0) is 14.5. The molecule has 2 unspecified atom stereocenters. The zero-order valence-corrected chi connectivity index (χ0v) is 14.4. The standard InChI is InChI=1S/C11H19BrN4O3.BrH/c1-2-5-16-7-11(10(18)19,14-9(17)6-12)4-3-8(16)15-13;/h3-4,8,15H,2,5-7,13H2,1H3,(H,14,17)(H,18,19);1H. The van der Waals surface area contributed by atoms with Crippen LogP contribution in [0.5, 0.6) is 0 Å². The van der Waals surface area contributed by atoms with Gasteiger partial charge in [0.25, 0.3) is 0 Å². The van der Waals surface area contributed by atoms with Gasteiger partial charge in [-0.2, -0.15) is 0 Å². The highest BCUT2D eigenvalue weighted by atomic mass is 79.9. The van der Waals surface area contributed by atoms with Crippen LogP contribution >= 0.6 is 32.9 Å². The maximum Gasteiger partial charge on any atom is 0.334 e. The molecule has 0 radical (unpaired) electrons. The predicted octanol–water partition coefficient (Wildman–Crippen LogP) is -0.0300. The lowest BCUT2D eigenvalue weighted by atomic mass is 9.93. The largest absolute Gasteiger partial charge is 0.479 e. The zero-order valence-electron chi connectivity index (χ0n) is 11.1. The molecule has 1 rings (SSSR count). The first kappa shape index (κ1) is 19.5. The summed E-state index contributed by atoms with van der Waals surface area (Å²) in [5.41, 5.74) is 1.20. The Bertz CT molecular complexity index is 381. The predicted molar refractivity (Wildman–Crippen MR) is 84.7 cm³/mol. The summed E-state index contributed by atoms with van der Waals surface area (Å²) in [7, 11) is 0. The number of carboxylic acids is 1. The van der Waals surface area contributed by atoms with Crippen molar-refractivity contribution in [3.63, 3.8) is 0 Å². The first-order valence-corrected chi connectivity index (χ1v) is 7.11. The fourth-order valence-electron chi connectivity index (χ4n) is 2.07. The van der Waals surface area contributed by atoms with Gasteiger partial charge in [0.05, 0.1) is 11.5 Å². The Hall–Kier alpha value is -0.480. The molecule has 0 aliphatic carbocycles. The molecule has 0 fully saturated rings.